The first-order chi connectivity index (χ1) is 20.6. The summed E-state index contributed by atoms with van der Waals surface area (Å²) in [5, 5.41) is 0.537. The molecule has 1 saturated heterocycles. The van der Waals surface area contributed by atoms with E-state index in [2.05, 4.69) is 26.6 Å². The van der Waals surface area contributed by atoms with Crippen LogP contribution in [0.15, 0.2) is 65.7 Å². The van der Waals surface area contributed by atoms with E-state index in [1.165, 1.54) is 25.4 Å². The molecule has 0 unspecified atom stereocenters. The molecule has 2 heterocycles. The summed E-state index contributed by atoms with van der Waals surface area (Å²) < 4.78 is 87.1. The molecule has 43 heavy (non-hydrogen) atoms. The molecular formula is C30H31F3N4O5S. The number of methoxy groups -OCH3 is 1. The van der Waals surface area contributed by atoms with Crippen molar-refractivity contribution in [3.63, 3.8) is 0 Å². The van der Waals surface area contributed by atoms with Crippen molar-refractivity contribution in [2.45, 2.75) is 11.3 Å². The fraction of sp³-hybridized carbons (Fsp3) is 0.300. The van der Waals surface area contributed by atoms with Gasteiger partial charge in [-0.1, -0.05) is 0 Å². The molecule has 0 spiro atoms. The summed E-state index contributed by atoms with van der Waals surface area (Å²) >= 11 is 0. The lowest BCUT2D eigenvalue weighted by Crippen LogP contribution is -2.44. The number of likely N-dealkylation sites (N-methyl/N-ethyl adjacent to an activating group) is 1. The van der Waals surface area contributed by atoms with E-state index >= 15 is 4.39 Å². The number of benzene rings is 3. The summed E-state index contributed by atoms with van der Waals surface area (Å²) in [5.41, 5.74) is 0.332. The third-order valence-corrected chi connectivity index (χ3v) is 8.44. The van der Waals surface area contributed by atoms with E-state index in [0.29, 0.717) is 41.1 Å². The normalized spacial score (nSPS) is 14.5. The van der Waals surface area contributed by atoms with Crippen LogP contribution < -0.4 is 18.9 Å². The monoisotopic (exact) mass is 616 g/mol. The Morgan fingerprint density at radius 2 is 1.67 bits per heavy atom. The van der Waals surface area contributed by atoms with Crippen LogP contribution in [0.5, 0.6) is 23.0 Å². The molecule has 1 N–H and O–H groups in total. The number of fused-ring (bicyclic) bond motifs is 1. The molecule has 0 saturated carbocycles. The molecule has 1 aliphatic heterocycles. The molecule has 1 aliphatic rings. The van der Waals surface area contributed by atoms with Crippen molar-refractivity contribution in [2.24, 2.45) is 0 Å². The van der Waals surface area contributed by atoms with Crippen LogP contribution >= 0.6 is 0 Å². The molecule has 1 aromatic heterocycles. The van der Waals surface area contributed by atoms with Gasteiger partial charge in [-0.25, -0.2) is 21.6 Å². The highest BCUT2D eigenvalue weighted by Crippen LogP contribution is 2.38. The van der Waals surface area contributed by atoms with E-state index in [4.69, 9.17) is 14.2 Å². The Morgan fingerprint density at radius 1 is 0.884 bits per heavy atom. The topological polar surface area (TPSA) is 93.2 Å². The van der Waals surface area contributed by atoms with Crippen LogP contribution in [-0.2, 0) is 10.0 Å². The minimum atomic E-state index is -4.52. The quantitative estimate of drug-likeness (QED) is 0.228. The number of anilines is 1. The van der Waals surface area contributed by atoms with Gasteiger partial charge in [0, 0.05) is 56.4 Å². The lowest BCUT2D eigenvalue weighted by molar-refractivity contribution is 0.145. The number of pyridine rings is 1. The number of rotatable bonds is 11. The van der Waals surface area contributed by atoms with Crippen molar-refractivity contribution in [2.75, 3.05) is 58.2 Å². The first-order valence-electron chi connectivity index (χ1n) is 13.6. The Hall–Kier alpha value is -4.07. The summed E-state index contributed by atoms with van der Waals surface area (Å²) in [7, 11) is -0.881. The molecule has 0 bridgehead atoms. The standard InChI is InChI=1S/C30H31F3N4O5S/c1-36-11-13-37(14-12-36)10-3-15-41-29-19-25-22(18-28(29)40-2)26(8-9-34-25)42-27-7-5-21(17-24(27)33)35-43(38,39)30-16-20(31)4-6-23(30)32/h4-9,16-19,35H,3,10-15H2,1-2H3. The molecule has 0 radical (unpaired) electrons. The molecule has 0 aliphatic carbocycles. The molecule has 9 nitrogen and oxygen atoms in total. The maximum absolute atomic E-state index is 15.0. The number of nitrogens with one attached hydrogen (secondary N) is 1. The highest BCUT2D eigenvalue weighted by atomic mass is 32.2. The molecule has 0 amide bonds. The van der Waals surface area contributed by atoms with Crippen LogP contribution in [0.1, 0.15) is 6.42 Å². The predicted molar refractivity (Wildman–Crippen MR) is 156 cm³/mol. The van der Waals surface area contributed by atoms with Gasteiger partial charge in [0.2, 0.25) is 0 Å². The number of hydrogen-bond donors (Lipinski definition) is 1. The van der Waals surface area contributed by atoms with Crippen molar-refractivity contribution in [3.8, 4) is 23.0 Å². The van der Waals surface area contributed by atoms with Gasteiger partial charge in [0.15, 0.2) is 23.1 Å². The van der Waals surface area contributed by atoms with E-state index in [9.17, 15) is 17.2 Å². The van der Waals surface area contributed by atoms with Crippen LogP contribution in [0.2, 0.25) is 0 Å². The van der Waals surface area contributed by atoms with Crippen LogP contribution in [0.3, 0.4) is 0 Å². The molecule has 5 rings (SSSR count). The van der Waals surface area contributed by atoms with Gasteiger partial charge in [-0.15, -0.1) is 0 Å². The van der Waals surface area contributed by atoms with Gasteiger partial charge < -0.3 is 24.0 Å². The average molecular weight is 617 g/mol. The first-order valence-corrected chi connectivity index (χ1v) is 15.1. The number of sulfonamides is 1. The van der Waals surface area contributed by atoms with Crippen LogP contribution in [0.25, 0.3) is 10.9 Å². The fourth-order valence-corrected chi connectivity index (χ4v) is 5.83. The van der Waals surface area contributed by atoms with Crippen molar-refractivity contribution in [3.05, 3.63) is 78.2 Å². The fourth-order valence-electron chi connectivity index (χ4n) is 4.69. The lowest BCUT2D eigenvalue weighted by Gasteiger charge is -2.32. The van der Waals surface area contributed by atoms with Gasteiger partial charge in [-0.3, -0.25) is 9.71 Å². The minimum absolute atomic E-state index is 0.199. The summed E-state index contributed by atoms with van der Waals surface area (Å²) in [6.45, 7) is 5.62. The van der Waals surface area contributed by atoms with Crippen LogP contribution in [0, 0.1) is 17.5 Å². The first kappa shape index (κ1) is 30.4. The Bertz CT molecular complexity index is 1720. The van der Waals surface area contributed by atoms with Gasteiger partial charge in [0.05, 0.1) is 24.9 Å². The van der Waals surface area contributed by atoms with Crippen molar-refractivity contribution in [1.29, 1.82) is 0 Å². The van der Waals surface area contributed by atoms with Gasteiger partial charge in [0.1, 0.15) is 22.3 Å². The van der Waals surface area contributed by atoms with Crippen molar-refractivity contribution >= 4 is 26.6 Å². The maximum atomic E-state index is 15.0. The number of hydrogen-bond acceptors (Lipinski definition) is 8. The highest BCUT2D eigenvalue weighted by molar-refractivity contribution is 7.92. The van der Waals surface area contributed by atoms with Gasteiger partial charge in [0.25, 0.3) is 10.0 Å². The summed E-state index contributed by atoms with van der Waals surface area (Å²) in [5.74, 6) is -1.91. The second kappa shape index (κ2) is 13.1. The molecule has 3 aromatic carbocycles. The van der Waals surface area contributed by atoms with E-state index < -0.39 is 32.4 Å². The van der Waals surface area contributed by atoms with Crippen molar-refractivity contribution in [1.82, 2.24) is 14.8 Å². The summed E-state index contributed by atoms with van der Waals surface area (Å²) in [6, 6.07) is 10.4. The van der Waals surface area contributed by atoms with E-state index in [1.54, 1.807) is 18.2 Å². The Labute approximate surface area is 247 Å². The third-order valence-electron chi connectivity index (χ3n) is 7.05. The minimum Gasteiger partial charge on any atom is -0.493 e. The highest BCUT2D eigenvalue weighted by Gasteiger charge is 2.21. The second-order valence-corrected chi connectivity index (χ2v) is 11.8. The number of nitrogens with zero attached hydrogens (tertiary/aromatic N) is 3. The molecule has 13 heteroatoms. The van der Waals surface area contributed by atoms with E-state index in [1.807, 2.05) is 0 Å². The van der Waals surface area contributed by atoms with Gasteiger partial charge in [-0.05, 0) is 55.9 Å². The molecule has 0 atom stereocenters. The van der Waals surface area contributed by atoms with Gasteiger partial charge >= 0.3 is 0 Å². The summed E-state index contributed by atoms with van der Waals surface area (Å²) in [4.78, 5) is 8.22. The Kier molecular flexibility index (Phi) is 9.23. The zero-order valence-corrected chi connectivity index (χ0v) is 24.5. The van der Waals surface area contributed by atoms with E-state index in [0.717, 1.165) is 51.3 Å². The molecule has 228 valence electrons. The number of piperazine rings is 1. The average Bonchev–Trinajstić information content (AvgIpc) is 2.98. The van der Waals surface area contributed by atoms with E-state index in [-0.39, 0.29) is 17.2 Å². The van der Waals surface area contributed by atoms with Crippen LogP contribution in [0.4, 0.5) is 18.9 Å². The Morgan fingerprint density at radius 3 is 2.42 bits per heavy atom. The second-order valence-electron chi connectivity index (χ2n) is 10.1. The van der Waals surface area contributed by atoms with Crippen LogP contribution in [-0.4, -0.2) is 76.7 Å². The molecule has 4 aromatic rings. The number of halogens is 3. The maximum Gasteiger partial charge on any atom is 0.264 e. The molecular weight excluding hydrogens is 585 g/mol. The SMILES string of the molecule is COc1cc2c(Oc3ccc(NS(=O)(=O)c4cc(F)ccc4F)cc3F)ccnc2cc1OCCCN1CCN(C)CC1. The molecule has 1 fully saturated rings. The largest absolute Gasteiger partial charge is 0.493 e. The zero-order valence-electron chi connectivity index (χ0n) is 23.6. The van der Waals surface area contributed by atoms with Crippen molar-refractivity contribution < 1.29 is 35.8 Å². The predicted octanol–water partition coefficient (Wildman–Crippen LogP) is 5.27. The lowest BCUT2D eigenvalue weighted by atomic mass is 10.1. The smallest absolute Gasteiger partial charge is 0.264 e. The number of aromatic nitrogens is 1. The third kappa shape index (κ3) is 7.29. The summed E-state index contributed by atoms with van der Waals surface area (Å²) in [6.07, 6.45) is 2.36. The zero-order chi connectivity index (χ0) is 30.6. The van der Waals surface area contributed by atoms with Gasteiger partial charge in [-0.2, -0.15) is 0 Å². The number of ether oxygens (including phenoxy) is 3. The Balaban J connectivity index is 1.28.